The van der Waals surface area contributed by atoms with E-state index in [1.165, 1.54) is 15.6 Å². The molecule has 1 heterocycles. The van der Waals surface area contributed by atoms with Gasteiger partial charge in [0.2, 0.25) is 0 Å². The molecule has 0 N–H and O–H groups in total. The second-order valence-electron chi connectivity index (χ2n) is 4.30. The Balaban J connectivity index is 1.95. The number of hydrogen-bond acceptors (Lipinski definition) is 3. The van der Waals surface area contributed by atoms with Gasteiger partial charge in [-0.3, -0.25) is 0 Å². The number of rotatable bonds is 3. The molecule has 98 valence electrons. The molecule has 20 heavy (non-hydrogen) atoms. The number of thiophene rings is 1. The second kappa shape index (κ2) is 5.31. The van der Waals surface area contributed by atoms with E-state index in [1.807, 2.05) is 24.3 Å². The first kappa shape index (κ1) is 12.6. The zero-order valence-electron chi connectivity index (χ0n) is 10.7. The maximum absolute atomic E-state index is 11.1. The van der Waals surface area contributed by atoms with Crippen LogP contribution in [-0.4, -0.2) is 5.97 Å². The molecule has 3 aromatic rings. The van der Waals surface area contributed by atoms with Crippen LogP contribution in [0.1, 0.15) is 0 Å². The Bertz CT molecular complexity index is 769. The zero-order valence-corrected chi connectivity index (χ0v) is 11.5. The minimum absolute atomic E-state index is 0.445. The van der Waals surface area contributed by atoms with E-state index in [-0.39, 0.29) is 0 Å². The minimum Gasteiger partial charge on any atom is -0.423 e. The van der Waals surface area contributed by atoms with E-state index < -0.39 is 5.97 Å². The molecular weight excluding hydrogens is 268 g/mol. The second-order valence-corrected chi connectivity index (χ2v) is 5.18. The number of ether oxygens (including phenoxy) is 1. The molecule has 3 rings (SSSR count). The lowest BCUT2D eigenvalue weighted by Gasteiger charge is -2.03. The van der Waals surface area contributed by atoms with E-state index in [0.717, 1.165) is 11.6 Å². The van der Waals surface area contributed by atoms with Gasteiger partial charge in [-0.15, -0.1) is 11.3 Å². The van der Waals surface area contributed by atoms with Crippen LogP contribution in [0.25, 0.3) is 21.2 Å². The summed E-state index contributed by atoms with van der Waals surface area (Å²) in [5.74, 6) is 0.0823. The summed E-state index contributed by atoms with van der Waals surface area (Å²) in [6.07, 6.45) is 1.15. The molecule has 0 unspecified atom stereocenters. The van der Waals surface area contributed by atoms with Gasteiger partial charge in [0.15, 0.2) is 0 Å². The Morgan fingerprint density at radius 1 is 1.10 bits per heavy atom. The van der Waals surface area contributed by atoms with Gasteiger partial charge in [0.05, 0.1) is 0 Å². The summed E-state index contributed by atoms with van der Waals surface area (Å²) in [7, 11) is 0. The quantitative estimate of drug-likeness (QED) is 0.396. The van der Waals surface area contributed by atoms with Gasteiger partial charge in [-0.2, -0.15) is 0 Å². The standard InChI is InChI=1S/C17H12O2S/c1-2-16(18)19-14-9-7-12(8-10-14)17-15-6-4-3-5-13(15)11-20-17/h2-11H,1H2. The lowest BCUT2D eigenvalue weighted by molar-refractivity contribution is -0.128. The third-order valence-corrected chi connectivity index (χ3v) is 4.07. The highest BCUT2D eigenvalue weighted by molar-refractivity contribution is 7.15. The Labute approximate surface area is 120 Å². The van der Waals surface area contributed by atoms with Crippen LogP contribution in [0.2, 0.25) is 0 Å². The molecule has 0 saturated carbocycles. The highest BCUT2D eigenvalue weighted by atomic mass is 32.1. The van der Waals surface area contributed by atoms with Crippen molar-refractivity contribution in [2.75, 3.05) is 0 Å². The van der Waals surface area contributed by atoms with Gasteiger partial charge < -0.3 is 4.74 Å². The minimum atomic E-state index is -0.445. The Kier molecular flexibility index (Phi) is 3.35. The molecule has 0 atom stereocenters. The Morgan fingerprint density at radius 2 is 1.85 bits per heavy atom. The molecule has 1 aromatic heterocycles. The van der Waals surface area contributed by atoms with Crippen LogP contribution < -0.4 is 4.74 Å². The first-order valence-corrected chi connectivity index (χ1v) is 7.07. The van der Waals surface area contributed by atoms with Gasteiger partial charge in [0, 0.05) is 16.3 Å². The molecule has 0 fully saturated rings. The van der Waals surface area contributed by atoms with E-state index in [0.29, 0.717) is 5.75 Å². The maximum atomic E-state index is 11.1. The molecule has 0 amide bonds. The van der Waals surface area contributed by atoms with Crippen molar-refractivity contribution < 1.29 is 9.53 Å². The molecule has 0 bridgehead atoms. The number of esters is 1. The largest absolute Gasteiger partial charge is 0.423 e. The fraction of sp³-hybridized carbons (Fsp3) is 0. The van der Waals surface area contributed by atoms with E-state index in [4.69, 9.17) is 4.74 Å². The van der Waals surface area contributed by atoms with Crippen molar-refractivity contribution in [3.8, 4) is 16.2 Å². The molecule has 0 spiro atoms. The normalized spacial score (nSPS) is 10.4. The molecule has 0 aliphatic carbocycles. The van der Waals surface area contributed by atoms with Crippen molar-refractivity contribution in [2.24, 2.45) is 0 Å². The lowest BCUT2D eigenvalue weighted by atomic mass is 10.1. The van der Waals surface area contributed by atoms with E-state index >= 15 is 0 Å². The van der Waals surface area contributed by atoms with Crippen molar-refractivity contribution >= 4 is 28.1 Å². The highest BCUT2D eigenvalue weighted by Crippen LogP contribution is 2.35. The molecule has 0 saturated heterocycles. The molecule has 0 radical (unpaired) electrons. The van der Waals surface area contributed by atoms with Gasteiger partial charge in [0.1, 0.15) is 5.75 Å². The van der Waals surface area contributed by atoms with Crippen molar-refractivity contribution in [1.29, 1.82) is 0 Å². The topological polar surface area (TPSA) is 26.3 Å². The summed E-state index contributed by atoms with van der Waals surface area (Å²) in [6.45, 7) is 3.38. The summed E-state index contributed by atoms with van der Waals surface area (Å²) in [4.78, 5) is 12.4. The van der Waals surface area contributed by atoms with Crippen molar-refractivity contribution in [2.45, 2.75) is 0 Å². The van der Waals surface area contributed by atoms with Gasteiger partial charge in [-0.1, -0.05) is 30.8 Å². The van der Waals surface area contributed by atoms with Crippen LogP contribution in [0.3, 0.4) is 0 Å². The summed E-state index contributed by atoms with van der Waals surface area (Å²) >= 11 is 1.72. The van der Waals surface area contributed by atoms with Crippen molar-refractivity contribution in [3.63, 3.8) is 0 Å². The first-order chi connectivity index (χ1) is 9.78. The summed E-state index contributed by atoms with van der Waals surface area (Å²) in [5.41, 5.74) is 1.12. The monoisotopic (exact) mass is 280 g/mol. The molecule has 2 nitrogen and oxygen atoms in total. The lowest BCUT2D eigenvalue weighted by Crippen LogP contribution is -2.02. The van der Waals surface area contributed by atoms with E-state index in [2.05, 4.69) is 24.1 Å². The Hall–Kier alpha value is -2.39. The molecule has 3 heteroatoms. The van der Waals surface area contributed by atoms with Crippen LogP contribution in [0.15, 0.2) is 66.6 Å². The number of benzene rings is 2. The van der Waals surface area contributed by atoms with Crippen LogP contribution in [-0.2, 0) is 4.79 Å². The number of hydrogen-bond donors (Lipinski definition) is 0. The van der Waals surface area contributed by atoms with E-state index in [9.17, 15) is 4.79 Å². The fourth-order valence-corrected chi connectivity index (χ4v) is 3.08. The van der Waals surface area contributed by atoms with Crippen LogP contribution >= 0.6 is 11.3 Å². The first-order valence-electron chi connectivity index (χ1n) is 6.19. The zero-order chi connectivity index (χ0) is 13.9. The molecular formula is C17H12O2S. The van der Waals surface area contributed by atoms with Crippen LogP contribution in [0.4, 0.5) is 0 Å². The summed E-state index contributed by atoms with van der Waals surface area (Å²) in [6, 6.07) is 15.8. The van der Waals surface area contributed by atoms with Crippen molar-refractivity contribution in [3.05, 3.63) is 66.6 Å². The van der Waals surface area contributed by atoms with Gasteiger partial charge in [-0.05, 0) is 40.6 Å². The highest BCUT2D eigenvalue weighted by Gasteiger charge is 2.07. The predicted octanol–water partition coefficient (Wildman–Crippen LogP) is 4.66. The van der Waals surface area contributed by atoms with Gasteiger partial charge >= 0.3 is 5.97 Å². The van der Waals surface area contributed by atoms with Crippen LogP contribution in [0.5, 0.6) is 5.75 Å². The number of carbonyl (C=O) groups excluding carboxylic acids is 1. The van der Waals surface area contributed by atoms with Gasteiger partial charge in [-0.25, -0.2) is 4.79 Å². The SMILES string of the molecule is C=CC(=O)Oc1ccc(-c2scc3ccccc23)cc1. The third kappa shape index (κ3) is 2.36. The van der Waals surface area contributed by atoms with Crippen LogP contribution in [0, 0.1) is 0 Å². The average molecular weight is 280 g/mol. The molecule has 0 aliphatic rings. The summed E-state index contributed by atoms with van der Waals surface area (Å²) in [5, 5.41) is 4.64. The smallest absolute Gasteiger partial charge is 0.335 e. The molecule has 2 aromatic carbocycles. The predicted molar refractivity (Wildman–Crippen MR) is 83.1 cm³/mol. The fourth-order valence-electron chi connectivity index (χ4n) is 2.05. The van der Waals surface area contributed by atoms with E-state index in [1.54, 1.807) is 23.5 Å². The average Bonchev–Trinajstić information content (AvgIpc) is 2.92. The van der Waals surface area contributed by atoms with Gasteiger partial charge in [0.25, 0.3) is 0 Å². The van der Waals surface area contributed by atoms with Crippen molar-refractivity contribution in [1.82, 2.24) is 0 Å². The number of fused-ring (bicyclic) bond motifs is 1. The molecule has 0 aliphatic heterocycles. The summed E-state index contributed by atoms with van der Waals surface area (Å²) < 4.78 is 5.07. The third-order valence-electron chi connectivity index (χ3n) is 3.01. The Morgan fingerprint density at radius 3 is 2.60 bits per heavy atom. The maximum Gasteiger partial charge on any atom is 0.335 e. The number of carbonyl (C=O) groups is 1.